The van der Waals surface area contributed by atoms with Gasteiger partial charge in [-0.25, -0.2) is 0 Å². The van der Waals surface area contributed by atoms with Gasteiger partial charge in [0.25, 0.3) is 0 Å². The van der Waals surface area contributed by atoms with Gasteiger partial charge in [-0.3, -0.25) is 4.79 Å². The highest BCUT2D eigenvalue weighted by Crippen LogP contribution is 2.37. The van der Waals surface area contributed by atoms with Gasteiger partial charge in [0, 0.05) is 11.6 Å². The molecule has 0 saturated heterocycles. The highest BCUT2D eigenvalue weighted by molar-refractivity contribution is 6.09. The molecule has 0 aliphatic heterocycles. The van der Waals surface area contributed by atoms with Crippen LogP contribution < -0.4 is 23.7 Å². The zero-order chi connectivity index (χ0) is 24.8. The first-order chi connectivity index (χ1) is 16.6. The lowest BCUT2D eigenvalue weighted by Gasteiger charge is -2.16. The number of allylic oxidation sites excluding steroid dienone is 1. The Morgan fingerprint density at radius 3 is 2.03 bits per heavy atom. The normalized spacial score (nSPS) is 10.9. The highest BCUT2D eigenvalue weighted by atomic mass is 16.5. The standard InChI is InChI=1S/C28H38O6/c1-6-15-31-22-19-21(27(33-17-8-3)26(20-22)30-5)13-14-24(29)23-11-10-12-25(32-16-7-2)28(23)34-18-9-4/h10-14,19-20H,6-9,15-18H2,1-5H3. The zero-order valence-corrected chi connectivity index (χ0v) is 21.1. The van der Waals surface area contributed by atoms with Crippen molar-refractivity contribution in [3.05, 3.63) is 47.5 Å². The van der Waals surface area contributed by atoms with Gasteiger partial charge in [0.1, 0.15) is 5.75 Å². The summed E-state index contributed by atoms with van der Waals surface area (Å²) in [5, 5.41) is 0. The largest absolute Gasteiger partial charge is 0.493 e. The molecular weight excluding hydrogens is 432 g/mol. The Balaban J connectivity index is 2.43. The van der Waals surface area contributed by atoms with Crippen molar-refractivity contribution in [2.24, 2.45) is 0 Å². The molecule has 34 heavy (non-hydrogen) atoms. The maximum absolute atomic E-state index is 13.2. The average molecular weight is 471 g/mol. The molecule has 6 nitrogen and oxygen atoms in total. The van der Waals surface area contributed by atoms with Gasteiger partial charge < -0.3 is 23.7 Å². The fraction of sp³-hybridized carbons (Fsp3) is 0.464. The number of hydrogen-bond donors (Lipinski definition) is 0. The van der Waals surface area contributed by atoms with E-state index in [-0.39, 0.29) is 5.78 Å². The number of ketones is 1. The van der Waals surface area contributed by atoms with Crippen LogP contribution in [0.2, 0.25) is 0 Å². The monoisotopic (exact) mass is 470 g/mol. The van der Waals surface area contributed by atoms with Crippen molar-refractivity contribution in [1.29, 1.82) is 0 Å². The maximum atomic E-state index is 13.2. The molecule has 2 aromatic carbocycles. The second-order valence-corrected chi connectivity index (χ2v) is 7.77. The zero-order valence-electron chi connectivity index (χ0n) is 21.1. The molecule has 0 spiro atoms. The quantitative estimate of drug-likeness (QED) is 0.200. The van der Waals surface area contributed by atoms with Crippen molar-refractivity contribution >= 4 is 11.9 Å². The number of benzene rings is 2. The molecule has 0 atom stereocenters. The van der Waals surface area contributed by atoms with Crippen molar-refractivity contribution in [3.63, 3.8) is 0 Å². The van der Waals surface area contributed by atoms with Gasteiger partial charge in [-0.1, -0.05) is 33.8 Å². The van der Waals surface area contributed by atoms with Crippen LogP contribution in [0.3, 0.4) is 0 Å². The molecule has 0 aromatic heterocycles. The van der Waals surface area contributed by atoms with Crippen LogP contribution in [0.5, 0.6) is 28.7 Å². The number of methoxy groups -OCH3 is 1. The van der Waals surface area contributed by atoms with E-state index in [1.807, 2.05) is 52.0 Å². The van der Waals surface area contributed by atoms with Crippen molar-refractivity contribution in [3.8, 4) is 28.7 Å². The number of carbonyl (C=O) groups is 1. The van der Waals surface area contributed by atoms with E-state index in [0.717, 1.165) is 25.7 Å². The molecule has 0 N–H and O–H groups in total. The second kappa shape index (κ2) is 14.9. The molecule has 186 valence electrons. The van der Waals surface area contributed by atoms with E-state index in [4.69, 9.17) is 23.7 Å². The fourth-order valence-electron chi connectivity index (χ4n) is 3.18. The van der Waals surface area contributed by atoms with E-state index in [0.29, 0.717) is 66.3 Å². The Bertz CT molecular complexity index is 935. The molecule has 2 rings (SSSR count). The summed E-state index contributed by atoms with van der Waals surface area (Å²) in [5.74, 6) is 2.69. The van der Waals surface area contributed by atoms with E-state index in [2.05, 4.69) is 0 Å². The summed E-state index contributed by atoms with van der Waals surface area (Å²) in [7, 11) is 1.59. The minimum absolute atomic E-state index is 0.187. The molecule has 0 amide bonds. The van der Waals surface area contributed by atoms with E-state index in [9.17, 15) is 4.79 Å². The SMILES string of the molecule is CCCOc1cc(C=CC(=O)c2cccc(OCCC)c2OCCC)c(OCCC)c(OC)c1. The molecule has 0 heterocycles. The van der Waals surface area contributed by atoms with Crippen LogP contribution >= 0.6 is 0 Å². The number of ether oxygens (including phenoxy) is 5. The van der Waals surface area contributed by atoms with Gasteiger partial charge in [0.05, 0.1) is 39.1 Å². The molecular formula is C28H38O6. The van der Waals surface area contributed by atoms with Crippen LogP contribution in [-0.2, 0) is 0 Å². The molecule has 2 aromatic rings. The Morgan fingerprint density at radius 2 is 1.38 bits per heavy atom. The number of hydrogen-bond acceptors (Lipinski definition) is 6. The summed E-state index contributed by atoms with van der Waals surface area (Å²) < 4.78 is 29.1. The molecule has 0 fully saturated rings. The first-order valence-corrected chi connectivity index (χ1v) is 12.2. The maximum Gasteiger partial charge on any atom is 0.189 e. The summed E-state index contributed by atoms with van der Waals surface area (Å²) in [6, 6.07) is 9.07. The van der Waals surface area contributed by atoms with Crippen LogP contribution in [0.25, 0.3) is 6.08 Å². The van der Waals surface area contributed by atoms with Crippen molar-refractivity contribution in [2.75, 3.05) is 33.5 Å². The first kappa shape index (κ1) is 27.1. The lowest BCUT2D eigenvalue weighted by Crippen LogP contribution is -2.06. The molecule has 6 heteroatoms. The topological polar surface area (TPSA) is 63.2 Å². The Kier molecular flexibility index (Phi) is 11.9. The smallest absolute Gasteiger partial charge is 0.189 e. The van der Waals surface area contributed by atoms with Crippen molar-refractivity contribution in [2.45, 2.75) is 53.4 Å². The Hall–Kier alpha value is -3.15. The Morgan fingerprint density at radius 1 is 0.765 bits per heavy atom. The Labute approximate surface area is 203 Å². The average Bonchev–Trinajstić information content (AvgIpc) is 2.86. The summed E-state index contributed by atoms with van der Waals surface area (Å²) in [6.45, 7) is 10.3. The molecule has 0 aliphatic rings. The van der Waals surface area contributed by atoms with E-state index in [1.165, 1.54) is 6.08 Å². The molecule has 0 saturated carbocycles. The minimum Gasteiger partial charge on any atom is -0.493 e. The van der Waals surface area contributed by atoms with Gasteiger partial charge in [-0.2, -0.15) is 0 Å². The van der Waals surface area contributed by atoms with Crippen LogP contribution in [0.15, 0.2) is 36.4 Å². The third kappa shape index (κ3) is 7.72. The van der Waals surface area contributed by atoms with Crippen molar-refractivity contribution in [1.82, 2.24) is 0 Å². The molecule has 0 bridgehead atoms. The first-order valence-electron chi connectivity index (χ1n) is 12.2. The summed E-state index contributed by atoms with van der Waals surface area (Å²) in [4.78, 5) is 13.2. The predicted octanol–water partition coefficient (Wildman–Crippen LogP) is 6.75. The second-order valence-electron chi connectivity index (χ2n) is 7.77. The van der Waals surface area contributed by atoms with Crippen LogP contribution in [0.1, 0.15) is 69.3 Å². The van der Waals surface area contributed by atoms with Gasteiger partial charge in [-0.05, 0) is 56.0 Å². The number of para-hydroxylation sites is 1. The summed E-state index contributed by atoms with van der Waals surface area (Å²) >= 11 is 0. The van der Waals surface area contributed by atoms with E-state index in [1.54, 1.807) is 19.3 Å². The lowest BCUT2D eigenvalue weighted by molar-refractivity contribution is 0.104. The van der Waals surface area contributed by atoms with Crippen LogP contribution in [-0.4, -0.2) is 39.3 Å². The molecule has 0 unspecified atom stereocenters. The van der Waals surface area contributed by atoms with Gasteiger partial charge in [-0.15, -0.1) is 0 Å². The van der Waals surface area contributed by atoms with Gasteiger partial charge in [0.15, 0.2) is 28.8 Å². The van der Waals surface area contributed by atoms with Crippen LogP contribution in [0, 0.1) is 0 Å². The number of carbonyl (C=O) groups excluding carboxylic acids is 1. The van der Waals surface area contributed by atoms with E-state index >= 15 is 0 Å². The molecule has 0 radical (unpaired) electrons. The van der Waals surface area contributed by atoms with Crippen molar-refractivity contribution < 1.29 is 28.5 Å². The lowest BCUT2D eigenvalue weighted by atomic mass is 10.1. The third-order valence-electron chi connectivity index (χ3n) is 4.77. The highest BCUT2D eigenvalue weighted by Gasteiger charge is 2.17. The third-order valence-corrected chi connectivity index (χ3v) is 4.77. The van der Waals surface area contributed by atoms with Gasteiger partial charge in [0.2, 0.25) is 0 Å². The number of rotatable bonds is 16. The van der Waals surface area contributed by atoms with Gasteiger partial charge >= 0.3 is 0 Å². The summed E-state index contributed by atoms with van der Waals surface area (Å²) in [5.41, 5.74) is 1.17. The van der Waals surface area contributed by atoms with Crippen LogP contribution in [0.4, 0.5) is 0 Å². The summed E-state index contributed by atoms with van der Waals surface area (Å²) in [6.07, 6.45) is 6.68. The fourth-order valence-corrected chi connectivity index (χ4v) is 3.18. The predicted molar refractivity (Wildman–Crippen MR) is 136 cm³/mol. The minimum atomic E-state index is -0.187. The molecule has 0 aliphatic carbocycles. The van der Waals surface area contributed by atoms with E-state index < -0.39 is 0 Å².